The molecule has 0 heterocycles. The average molecular weight is 368 g/mol. The zero-order valence-corrected chi connectivity index (χ0v) is 15.7. The molecule has 1 atom stereocenters. The molecule has 25 heavy (non-hydrogen) atoms. The Hall–Kier alpha value is -1.93. The highest BCUT2D eigenvalue weighted by atomic mass is 32.2. The fraction of sp³-hybridized carbons (Fsp3) is 0.529. The zero-order valence-electron chi connectivity index (χ0n) is 14.8. The van der Waals surface area contributed by atoms with Crippen molar-refractivity contribution in [3.8, 4) is 0 Å². The van der Waals surface area contributed by atoms with Gasteiger partial charge in [0, 0.05) is 24.7 Å². The standard InChI is InChI=1S/C17H24N2O5S/c1-11(2)18(4)25(23,24)15-9-5-13(6-10-15)16(20)19(14-7-8-14)12(3)17(21)22/h5-6,9-12,14H,7-8H2,1-4H3,(H,21,22). The number of carboxylic acids is 1. The predicted molar refractivity (Wildman–Crippen MR) is 92.8 cm³/mol. The molecule has 0 spiro atoms. The van der Waals surface area contributed by atoms with E-state index in [9.17, 15) is 23.1 Å². The molecule has 1 saturated carbocycles. The van der Waals surface area contributed by atoms with Gasteiger partial charge in [-0.3, -0.25) is 4.79 Å². The van der Waals surface area contributed by atoms with E-state index in [1.807, 2.05) is 0 Å². The molecule has 1 amide bonds. The first kappa shape index (κ1) is 19.4. The van der Waals surface area contributed by atoms with Crippen molar-refractivity contribution in [1.29, 1.82) is 0 Å². The fourth-order valence-corrected chi connectivity index (χ4v) is 3.86. The van der Waals surface area contributed by atoms with Crippen molar-refractivity contribution in [2.24, 2.45) is 0 Å². The number of hydrogen-bond acceptors (Lipinski definition) is 4. The summed E-state index contributed by atoms with van der Waals surface area (Å²) in [6.45, 7) is 5.03. The number of hydrogen-bond donors (Lipinski definition) is 1. The summed E-state index contributed by atoms with van der Waals surface area (Å²) in [6.07, 6.45) is 1.57. The first-order valence-electron chi connectivity index (χ1n) is 8.21. The predicted octanol–water partition coefficient (Wildman–Crippen LogP) is 1.79. The van der Waals surface area contributed by atoms with Crippen LogP contribution >= 0.6 is 0 Å². The van der Waals surface area contributed by atoms with Crippen LogP contribution in [0, 0.1) is 0 Å². The van der Waals surface area contributed by atoms with E-state index in [1.54, 1.807) is 13.8 Å². The van der Waals surface area contributed by atoms with Crippen LogP contribution < -0.4 is 0 Å². The van der Waals surface area contributed by atoms with Gasteiger partial charge in [0.25, 0.3) is 5.91 Å². The van der Waals surface area contributed by atoms with Gasteiger partial charge in [-0.25, -0.2) is 13.2 Å². The van der Waals surface area contributed by atoms with E-state index < -0.39 is 27.9 Å². The minimum atomic E-state index is -3.62. The molecule has 0 aliphatic heterocycles. The lowest BCUT2D eigenvalue weighted by molar-refractivity contribution is -0.141. The van der Waals surface area contributed by atoms with Crippen LogP contribution in [0.4, 0.5) is 0 Å². The summed E-state index contributed by atoms with van der Waals surface area (Å²) < 4.78 is 26.2. The number of benzene rings is 1. The normalized spacial score (nSPS) is 16.1. The van der Waals surface area contributed by atoms with Crippen LogP contribution in [0.3, 0.4) is 0 Å². The molecule has 138 valence electrons. The summed E-state index contributed by atoms with van der Waals surface area (Å²) in [5, 5.41) is 9.21. The third-order valence-corrected chi connectivity index (χ3v) is 6.50. The molecule has 1 aliphatic carbocycles. The molecule has 1 unspecified atom stereocenters. The topological polar surface area (TPSA) is 95.0 Å². The number of rotatable bonds is 7. The number of nitrogens with zero attached hydrogens (tertiary/aromatic N) is 2. The Balaban J connectivity index is 2.27. The van der Waals surface area contributed by atoms with Crippen molar-refractivity contribution in [3.63, 3.8) is 0 Å². The molecule has 1 aromatic rings. The Morgan fingerprint density at radius 1 is 1.12 bits per heavy atom. The largest absolute Gasteiger partial charge is 0.480 e. The summed E-state index contributed by atoms with van der Waals surface area (Å²) in [5.74, 6) is -1.45. The van der Waals surface area contributed by atoms with Crippen LogP contribution in [0.1, 0.15) is 44.0 Å². The van der Waals surface area contributed by atoms with Gasteiger partial charge in [0.05, 0.1) is 4.90 Å². The Labute approximate surface area is 148 Å². The van der Waals surface area contributed by atoms with E-state index in [0.717, 1.165) is 12.8 Å². The Morgan fingerprint density at radius 3 is 2.04 bits per heavy atom. The van der Waals surface area contributed by atoms with E-state index in [4.69, 9.17) is 0 Å². The van der Waals surface area contributed by atoms with Gasteiger partial charge in [-0.2, -0.15) is 4.31 Å². The average Bonchev–Trinajstić information content (AvgIpc) is 3.38. The molecule has 0 radical (unpaired) electrons. The van der Waals surface area contributed by atoms with Crippen molar-refractivity contribution in [2.45, 2.75) is 56.6 Å². The van der Waals surface area contributed by atoms with Crippen molar-refractivity contribution in [2.75, 3.05) is 7.05 Å². The molecule has 0 aromatic heterocycles. The van der Waals surface area contributed by atoms with Crippen LogP contribution in [0.5, 0.6) is 0 Å². The highest BCUT2D eigenvalue weighted by Gasteiger charge is 2.38. The van der Waals surface area contributed by atoms with E-state index in [0.29, 0.717) is 0 Å². The molecule has 7 nitrogen and oxygen atoms in total. The van der Waals surface area contributed by atoms with Crippen molar-refractivity contribution in [3.05, 3.63) is 29.8 Å². The van der Waals surface area contributed by atoms with Crippen molar-refractivity contribution < 1.29 is 23.1 Å². The Morgan fingerprint density at radius 2 is 1.64 bits per heavy atom. The van der Waals surface area contributed by atoms with Crippen molar-refractivity contribution in [1.82, 2.24) is 9.21 Å². The first-order chi connectivity index (χ1) is 11.6. The lowest BCUT2D eigenvalue weighted by Gasteiger charge is -2.26. The highest BCUT2D eigenvalue weighted by molar-refractivity contribution is 7.89. The number of amides is 1. The van der Waals surface area contributed by atoms with Crippen LogP contribution in [0.15, 0.2) is 29.2 Å². The quantitative estimate of drug-likeness (QED) is 0.792. The molecule has 0 bridgehead atoms. The lowest BCUT2D eigenvalue weighted by Crippen LogP contribution is -2.44. The maximum atomic E-state index is 12.7. The molecular formula is C17H24N2O5S. The minimum Gasteiger partial charge on any atom is -0.480 e. The molecule has 2 rings (SSSR count). The molecule has 1 aromatic carbocycles. The second kappa shape index (κ2) is 7.13. The first-order valence-corrected chi connectivity index (χ1v) is 9.65. The number of carbonyl (C=O) groups excluding carboxylic acids is 1. The van der Waals surface area contributed by atoms with E-state index in [-0.39, 0.29) is 22.5 Å². The molecule has 1 aliphatic rings. The molecular weight excluding hydrogens is 344 g/mol. The summed E-state index contributed by atoms with van der Waals surface area (Å²) in [5.41, 5.74) is 0.283. The number of sulfonamides is 1. The molecule has 1 N–H and O–H groups in total. The van der Waals surface area contributed by atoms with Gasteiger partial charge >= 0.3 is 5.97 Å². The summed E-state index contributed by atoms with van der Waals surface area (Å²) in [6, 6.07) is 4.48. The summed E-state index contributed by atoms with van der Waals surface area (Å²) >= 11 is 0. The summed E-state index contributed by atoms with van der Waals surface area (Å²) in [7, 11) is -2.12. The SMILES string of the molecule is CC(C(=O)O)N(C(=O)c1ccc(S(=O)(=O)N(C)C(C)C)cc1)C1CC1. The monoisotopic (exact) mass is 368 g/mol. The van der Waals surface area contributed by atoms with Crippen LogP contribution in [0.25, 0.3) is 0 Å². The molecule has 0 saturated heterocycles. The van der Waals surface area contributed by atoms with E-state index in [2.05, 4.69) is 0 Å². The van der Waals surface area contributed by atoms with Gasteiger partial charge in [0.2, 0.25) is 10.0 Å². The van der Waals surface area contributed by atoms with Crippen molar-refractivity contribution >= 4 is 21.9 Å². The molecule has 1 fully saturated rings. The van der Waals surface area contributed by atoms with Gasteiger partial charge < -0.3 is 10.0 Å². The fourth-order valence-electron chi connectivity index (χ4n) is 2.49. The van der Waals surface area contributed by atoms with Gasteiger partial charge in [0.15, 0.2) is 0 Å². The third-order valence-electron chi connectivity index (χ3n) is 4.45. The number of carbonyl (C=O) groups is 2. The smallest absolute Gasteiger partial charge is 0.326 e. The van der Waals surface area contributed by atoms with Crippen LogP contribution in [-0.2, 0) is 14.8 Å². The third kappa shape index (κ3) is 4.01. The summed E-state index contributed by atoms with van der Waals surface area (Å²) in [4.78, 5) is 25.4. The number of carboxylic acid groups (broad SMARTS) is 1. The second-order valence-electron chi connectivity index (χ2n) is 6.60. The van der Waals surface area contributed by atoms with E-state index >= 15 is 0 Å². The minimum absolute atomic E-state index is 0.0610. The van der Waals surface area contributed by atoms with Gasteiger partial charge in [-0.15, -0.1) is 0 Å². The molecule has 8 heteroatoms. The van der Waals surface area contributed by atoms with Crippen LogP contribution in [0.2, 0.25) is 0 Å². The van der Waals surface area contributed by atoms with Gasteiger partial charge in [-0.1, -0.05) is 0 Å². The Kier molecular flexibility index (Phi) is 5.53. The second-order valence-corrected chi connectivity index (χ2v) is 8.59. The zero-order chi connectivity index (χ0) is 18.9. The van der Waals surface area contributed by atoms with Gasteiger partial charge in [-0.05, 0) is 57.9 Å². The van der Waals surface area contributed by atoms with Crippen LogP contribution in [-0.4, -0.2) is 59.8 Å². The highest BCUT2D eigenvalue weighted by Crippen LogP contribution is 2.30. The Bertz CT molecular complexity index is 754. The maximum absolute atomic E-state index is 12.7. The maximum Gasteiger partial charge on any atom is 0.326 e. The van der Waals surface area contributed by atoms with E-state index in [1.165, 1.54) is 47.4 Å². The lowest BCUT2D eigenvalue weighted by atomic mass is 10.1. The number of aliphatic carboxylic acids is 1. The van der Waals surface area contributed by atoms with Gasteiger partial charge in [0.1, 0.15) is 6.04 Å².